The highest BCUT2D eigenvalue weighted by atomic mass is 16.5. The van der Waals surface area contributed by atoms with E-state index in [2.05, 4.69) is 0 Å². The van der Waals surface area contributed by atoms with Crippen molar-refractivity contribution < 1.29 is 14.3 Å². The number of carbonyl (C=O) groups is 1. The third kappa shape index (κ3) is 1.28. The highest BCUT2D eigenvalue weighted by Gasteiger charge is 2.23. The van der Waals surface area contributed by atoms with E-state index in [1.807, 2.05) is 0 Å². The number of hydrogen-bond acceptors (Lipinski definition) is 4. The van der Waals surface area contributed by atoms with Crippen molar-refractivity contribution in [1.82, 2.24) is 0 Å². The molecule has 0 spiro atoms. The van der Waals surface area contributed by atoms with Crippen LogP contribution in [0.1, 0.15) is 16.8 Å². The van der Waals surface area contributed by atoms with Crippen LogP contribution in [0.15, 0.2) is 12.1 Å². The minimum absolute atomic E-state index is 0.0445. The summed E-state index contributed by atoms with van der Waals surface area (Å²) in [6.45, 7) is 0.415. The van der Waals surface area contributed by atoms with Crippen molar-refractivity contribution in [2.75, 3.05) is 19.5 Å². The first-order valence-corrected chi connectivity index (χ1v) is 4.36. The topological polar surface area (TPSA) is 61.5 Å². The molecule has 2 rings (SSSR count). The SMILES string of the molecule is COc1cc(N)cc2c1C(=O)CCO2. The van der Waals surface area contributed by atoms with Crippen molar-refractivity contribution >= 4 is 11.5 Å². The van der Waals surface area contributed by atoms with Crippen molar-refractivity contribution in [2.24, 2.45) is 0 Å². The normalized spacial score (nSPS) is 14.5. The van der Waals surface area contributed by atoms with E-state index in [1.165, 1.54) is 7.11 Å². The lowest BCUT2D eigenvalue weighted by molar-refractivity contribution is 0.0929. The Morgan fingerprint density at radius 1 is 1.50 bits per heavy atom. The maximum absolute atomic E-state index is 11.6. The van der Waals surface area contributed by atoms with Crippen LogP contribution in [0.2, 0.25) is 0 Å². The number of ketones is 1. The fraction of sp³-hybridized carbons (Fsp3) is 0.300. The Kier molecular flexibility index (Phi) is 2.04. The van der Waals surface area contributed by atoms with Crippen molar-refractivity contribution in [3.8, 4) is 11.5 Å². The summed E-state index contributed by atoms with van der Waals surface area (Å²) in [5, 5.41) is 0. The van der Waals surface area contributed by atoms with Crippen LogP contribution in [0.3, 0.4) is 0 Å². The first-order valence-electron chi connectivity index (χ1n) is 4.36. The van der Waals surface area contributed by atoms with Crippen LogP contribution in [0.4, 0.5) is 5.69 Å². The molecule has 0 fully saturated rings. The van der Waals surface area contributed by atoms with Gasteiger partial charge in [-0.1, -0.05) is 0 Å². The predicted octanol–water partition coefficient (Wildman–Crippen LogP) is 1.24. The molecule has 0 radical (unpaired) electrons. The highest BCUT2D eigenvalue weighted by Crippen LogP contribution is 2.35. The minimum atomic E-state index is 0.0445. The third-order valence-electron chi connectivity index (χ3n) is 2.17. The van der Waals surface area contributed by atoms with Crippen LogP contribution < -0.4 is 15.2 Å². The Bertz CT molecular complexity index is 370. The van der Waals surface area contributed by atoms with Gasteiger partial charge in [-0.3, -0.25) is 4.79 Å². The molecule has 4 nitrogen and oxygen atoms in total. The zero-order chi connectivity index (χ0) is 10.1. The van der Waals surface area contributed by atoms with Gasteiger partial charge in [0.05, 0.1) is 13.7 Å². The molecular formula is C10H11NO3. The lowest BCUT2D eigenvalue weighted by Gasteiger charge is -2.18. The first kappa shape index (κ1) is 8.87. The summed E-state index contributed by atoms with van der Waals surface area (Å²) in [5.41, 5.74) is 6.68. The molecule has 1 heterocycles. The van der Waals surface area contributed by atoms with Gasteiger partial charge in [-0.2, -0.15) is 0 Å². The van der Waals surface area contributed by atoms with Gasteiger partial charge in [0, 0.05) is 24.2 Å². The van der Waals surface area contributed by atoms with Crippen LogP contribution in [-0.2, 0) is 0 Å². The molecule has 0 amide bonds. The molecule has 0 atom stereocenters. The maximum Gasteiger partial charge on any atom is 0.173 e. The largest absolute Gasteiger partial charge is 0.496 e. The maximum atomic E-state index is 11.6. The smallest absolute Gasteiger partial charge is 0.173 e. The molecule has 4 heteroatoms. The number of rotatable bonds is 1. The number of carbonyl (C=O) groups excluding carboxylic acids is 1. The Hall–Kier alpha value is -1.71. The summed E-state index contributed by atoms with van der Waals surface area (Å²) >= 11 is 0. The Balaban J connectivity index is 2.61. The average Bonchev–Trinajstić information content (AvgIpc) is 2.16. The van der Waals surface area contributed by atoms with E-state index in [9.17, 15) is 4.79 Å². The van der Waals surface area contributed by atoms with Gasteiger partial charge in [0.2, 0.25) is 0 Å². The average molecular weight is 193 g/mol. The van der Waals surface area contributed by atoms with E-state index < -0.39 is 0 Å². The van der Waals surface area contributed by atoms with Gasteiger partial charge in [-0.15, -0.1) is 0 Å². The molecule has 74 valence electrons. The number of benzene rings is 1. The quantitative estimate of drug-likeness (QED) is 0.681. The molecule has 0 saturated carbocycles. The van der Waals surface area contributed by atoms with E-state index >= 15 is 0 Å². The predicted molar refractivity (Wildman–Crippen MR) is 51.8 cm³/mol. The van der Waals surface area contributed by atoms with Crippen molar-refractivity contribution in [2.45, 2.75) is 6.42 Å². The Morgan fingerprint density at radius 2 is 2.29 bits per heavy atom. The number of nitrogens with two attached hydrogens (primary N) is 1. The number of methoxy groups -OCH3 is 1. The van der Waals surface area contributed by atoms with Gasteiger partial charge in [0.15, 0.2) is 5.78 Å². The number of nitrogen functional groups attached to an aromatic ring is 1. The van der Waals surface area contributed by atoms with Crippen LogP contribution in [0, 0.1) is 0 Å². The Morgan fingerprint density at radius 3 is 3.00 bits per heavy atom. The van der Waals surface area contributed by atoms with Crippen molar-refractivity contribution in [1.29, 1.82) is 0 Å². The molecule has 1 aliphatic heterocycles. The number of ether oxygens (including phenoxy) is 2. The zero-order valence-electron chi connectivity index (χ0n) is 7.87. The number of hydrogen-bond donors (Lipinski definition) is 1. The second-order valence-corrected chi connectivity index (χ2v) is 3.12. The molecule has 2 N–H and O–H groups in total. The fourth-order valence-corrected chi connectivity index (χ4v) is 1.54. The first-order chi connectivity index (χ1) is 6.72. The third-order valence-corrected chi connectivity index (χ3v) is 2.17. The van der Waals surface area contributed by atoms with Gasteiger partial charge in [-0.25, -0.2) is 0 Å². The number of Topliss-reactive ketones (excluding diaryl/α,β-unsaturated/α-hetero) is 1. The zero-order valence-corrected chi connectivity index (χ0v) is 7.87. The van der Waals surface area contributed by atoms with E-state index in [4.69, 9.17) is 15.2 Å². The van der Waals surface area contributed by atoms with Crippen molar-refractivity contribution in [3.63, 3.8) is 0 Å². The van der Waals surface area contributed by atoms with E-state index in [0.717, 1.165) is 0 Å². The summed E-state index contributed by atoms with van der Waals surface area (Å²) in [7, 11) is 1.51. The van der Waals surface area contributed by atoms with Crippen molar-refractivity contribution in [3.05, 3.63) is 17.7 Å². The molecule has 0 saturated heterocycles. The van der Waals surface area contributed by atoms with Gasteiger partial charge in [0.1, 0.15) is 17.1 Å². The van der Waals surface area contributed by atoms with E-state index in [0.29, 0.717) is 35.8 Å². The molecule has 0 bridgehead atoms. The summed E-state index contributed by atoms with van der Waals surface area (Å²) in [5.74, 6) is 1.06. The second-order valence-electron chi connectivity index (χ2n) is 3.12. The van der Waals surface area contributed by atoms with E-state index in [-0.39, 0.29) is 5.78 Å². The molecule has 1 aliphatic rings. The van der Waals surface area contributed by atoms with Crippen LogP contribution >= 0.6 is 0 Å². The monoisotopic (exact) mass is 193 g/mol. The van der Waals surface area contributed by atoms with Gasteiger partial charge in [-0.05, 0) is 0 Å². The summed E-state index contributed by atoms with van der Waals surface area (Å²) in [6, 6.07) is 3.28. The van der Waals surface area contributed by atoms with Crippen LogP contribution in [0.25, 0.3) is 0 Å². The van der Waals surface area contributed by atoms with E-state index in [1.54, 1.807) is 12.1 Å². The number of fused-ring (bicyclic) bond motifs is 1. The summed E-state index contributed by atoms with van der Waals surface area (Å²) < 4.78 is 10.4. The minimum Gasteiger partial charge on any atom is -0.496 e. The van der Waals surface area contributed by atoms with Crippen LogP contribution in [0.5, 0.6) is 11.5 Å². The standard InChI is InChI=1S/C10H11NO3/c1-13-8-4-6(11)5-9-10(8)7(12)2-3-14-9/h4-5H,2-3,11H2,1H3. The fourth-order valence-electron chi connectivity index (χ4n) is 1.54. The highest BCUT2D eigenvalue weighted by molar-refractivity contribution is 6.02. The summed E-state index contributed by atoms with van der Waals surface area (Å²) in [6.07, 6.45) is 0.396. The Labute approximate surface area is 81.6 Å². The molecule has 0 unspecified atom stereocenters. The molecule has 14 heavy (non-hydrogen) atoms. The molecule has 1 aromatic rings. The van der Waals surface area contributed by atoms with Gasteiger partial charge >= 0.3 is 0 Å². The second kappa shape index (κ2) is 3.21. The van der Waals surface area contributed by atoms with Crippen LogP contribution in [-0.4, -0.2) is 19.5 Å². The van der Waals surface area contributed by atoms with Gasteiger partial charge < -0.3 is 15.2 Å². The number of anilines is 1. The van der Waals surface area contributed by atoms with Gasteiger partial charge in [0.25, 0.3) is 0 Å². The molecule has 0 aliphatic carbocycles. The molecular weight excluding hydrogens is 182 g/mol. The lowest BCUT2D eigenvalue weighted by Crippen LogP contribution is -2.16. The lowest BCUT2D eigenvalue weighted by atomic mass is 10.0. The molecule has 0 aromatic heterocycles. The summed E-state index contributed by atoms with van der Waals surface area (Å²) in [4.78, 5) is 11.6. The molecule has 1 aromatic carbocycles.